The van der Waals surface area contributed by atoms with Crippen LogP contribution in [0.1, 0.15) is 102 Å². The van der Waals surface area contributed by atoms with E-state index < -0.39 is 81.0 Å². The third kappa shape index (κ3) is 4.44. The molecule has 3 fully saturated rings. The lowest BCUT2D eigenvalue weighted by Crippen LogP contribution is -2.81. The minimum Gasteiger partial charge on any atom is -0.507 e. The molecule has 0 heterocycles. The van der Waals surface area contributed by atoms with Gasteiger partial charge in [0.05, 0.1) is 17.6 Å². The van der Waals surface area contributed by atoms with E-state index in [2.05, 4.69) is 13.0 Å². The Balaban J connectivity index is 1.46. The molecule has 0 spiro atoms. The maximum atomic E-state index is 14.7. The van der Waals surface area contributed by atoms with Gasteiger partial charge in [-0.2, -0.15) is 0 Å². The Bertz CT molecular complexity index is 1730. The van der Waals surface area contributed by atoms with Crippen LogP contribution < -0.4 is 0 Å². The number of hydrogen-bond acceptors (Lipinski definition) is 8. The Morgan fingerprint density at radius 2 is 1.60 bits per heavy atom. The predicted octanol–water partition coefficient (Wildman–Crippen LogP) is 5.66. The second-order valence-corrected chi connectivity index (χ2v) is 16.1. The van der Waals surface area contributed by atoms with Crippen molar-refractivity contribution in [3.05, 3.63) is 53.1 Å². The Morgan fingerprint density at radius 1 is 0.958 bits per heavy atom. The molecule has 0 amide bonds. The molecule has 3 unspecified atom stereocenters. The molecule has 48 heavy (non-hydrogen) atoms. The summed E-state index contributed by atoms with van der Waals surface area (Å²) in [6, 6.07) is 11.4. The summed E-state index contributed by atoms with van der Waals surface area (Å²) in [4.78, 5) is 69.7. The molecule has 3 saturated carbocycles. The number of fused-ring (bicyclic) bond motifs is 3. The van der Waals surface area contributed by atoms with Gasteiger partial charge < -0.3 is 15.3 Å². The Morgan fingerprint density at radius 3 is 2.21 bits per heavy atom. The number of phenolic OH excluding ortho intramolecular Hbond substituents is 1. The lowest BCUT2D eigenvalue weighted by Gasteiger charge is -2.65. The van der Waals surface area contributed by atoms with Gasteiger partial charge in [-0.15, -0.1) is 0 Å². The molecular formula is C40H48O8. The van der Waals surface area contributed by atoms with Gasteiger partial charge in [-0.25, -0.2) is 0 Å². The van der Waals surface area contributed by atoms with Crippen molar-refractivity contribution >= 4 is 28.9 Å². The summed E-state index contributed by atoms with van der Waals surface area (Å²) in [5, 5.41) is 36.5. The Hall–Kier alpha value is -3.49. The number of Topliss-reactive ketones (excluding diaryl/α,β-unsaturated/α-hetero) is 5. The zero-order valence-electron chi connectivity index (χ0n) is 29.0. The number of rotatable bonds is 5. The molecule has 0 aliphatic heterocycles. The van der Waals surface area contributed by atoms with Crippen LogP contribution in [0.4, 0.5) is 0 Å². The Kier molecular flexibility index (Phi) is 8.27. The molecule has 0 bridgehead atoms. The molecule has 256 valence electrons. The van der Waals surface area contributed by atoms with Crippen molar-refractivity contribution in [3.8, 4) is 16.9 Å². The second kappa shape index (κ2) is 11.5. The standard InChI is InChI=1S/C40H48O8/c1-19(2)30-33(43)28(22(5)41)35(45)40(48)36(46)31-34(44)29-26(21(4)38(31,6)37(47)39(30,40)7)15-16-27(32(29)42)25-10-8-9-24(18-25)17-23-13-11-20(3)12-14-23/h8-10,15-16,18-21,23,28,30-31,37,42,47-48H,11-14,17H2,1-7H3/t20?,21-,23?,28?,30?,31?,37-,38+,39+,40+/m1/s1. The summed E-state index contributed by atoms with van der Waals surface area (Å²) >= 11 is 0. The highest BCUT2D eigenvalue weighted by Gasteiger charge is 2.80. The van der Waals surface area contributed by atoms with Gasteiger partial charge in [0, 0.05) is 22.3 Å². The number of hydrogen-bond donors (Lipinski definition) is 3. The first-order valence-corrected chi connectivity index (χ1v) is 17.5. The molecule has 0 saturated heterocycles. The highest BCUT2D eigenvalue weighted by molar-refractivity contribution is 6.33. The number of benzene rings is 2. The van der Waals surface area contributed by atoms with Gasteiger partial charge in [0.2, 0.25) is 0 Å². The van der Waals surface area contributed by atoms with Crippen LogP contribution in [0.25, 0.3) is 11.1 Å². The van der Waals surface area contributed by atoms with Crippen LogP contribution in [0, 0.1) is 46.3 Å². The van der Waals surface area contributed by atoms with Crippen LogP contribution in [-0.2, 0) is 25.6 Å². The van der Waals surface area contributed by atoms with Gasteiger partial charge in [0.25, 0.3) is 0 Å². The van der Waals surface area contributed by atoms with Crippen LogP contribution in [0.5, 0.6) is 5.75 Å². The van der Waals surface area contributed by atoms with Crippen molar-refractivity contribution in [2.45, 2.75) is 98.2 Å². The van der Waals surface area contributed by atoms with E-state index in [0.29, 0.717) is 17.0 Å². The Labute approximate surface area is 282 Å². The van der Waals surface area contributed by atoms with Crippen LogP contribution >= 0.6 is 0 Å². The summed E-state index contributed by atoms with van der Waals surface area (Å²) in [6.45, 7) is 11.4. The van der Waals surface area contributed by atoms with Gasteiger partial charge in [-0.05, 0) is 66.5 Å². The van der Waals surface area contributed by atoms with Crippen LogP contribution in [0.2, 0.25) is 0 Å². The van der Waals surface area contributed by atoms with E-state index in [0.717, 1.165) is 30.4 Å². The normalized spacial score (nSPS) is 38.0. The fourth-order valence-electron chi connectivity index (χ4n) is 10.3. The lowest BCUT2D eigenvalue weighted by molar-refractivity contribution is -0.240. The molecule has 3 N–H and O–H groups in total. The average molecular weight is 657 g/mol. The zero-order chi connectivity index (χ0) is 35.2. The fraction of sp³-hybridized carbons (Fsp3) is 0.575. The molecule has 4 aliphatic rings. The van der Waals surface area contributed by atoms with Crippen LogP contribution in [-0.4, -0.2) is 55.9 Å². The number of aromatic hydroxyl groups is 1. The summed E-state index contributed by atoms with van der Waals surface area (Å²) in [7, 11) is 0. The van der Waals surface area contributed by atoms with Gasteiger partial charge in [0.15, 0.2) is 28.7 Å². The second-order valence-electron chi connectivity index (χ2n) is 16.1. The van der Waals surface area contributed by atoms with Crippen molar-refractivity contribution in [1.82, 2.24) is 0 Å². The van der Waals surface area contributed by atoms with E-state index in [9.17, 15) is 39.3 Å². The first-order chi connectivity index (χ1) is 22.4. The summed E-state index contributed by atoms with van der Waals surface area (Å²) in [6.07, 6.45) is 4.02. The summed E-state index contributed by atoms with van der Waals surface area (Å²) in [5.74, 6) is -9.83. The monoisotopic (exact) mass is 656 g/mol. The number of aliphatic hydroxyl groups excluding tert-OH is 1. The molecule has 6 rings (SSSR count). The smallest absolute Gasteiger partial charge is 0.191 e. The largest absolute Gasteiger partial charge is 0.507 e. The molecule has 4 aliphatic carbocycles. The molecule has 8 heteroatoms. The number of carbonyl (C=O) groups is 5. The highest BCUT2D eigenvalue weighted by atomic mass is 16.3. The summed E-state index contributed by atoms with van der Waals surface area (Å²) in [5.41, 5.74) is -3.93. The number of carbonyl (C=O) groups excluding carboxylic acids is 5. The molecular weight excluding hydrogens is 608 g/mol. The summed E-state index contributed by atoms with van der Waals surface area (Å²) < 4.78 is 0. The minimum absolute atomic E-state index is 0.0789. The third-order valence-electron chi connectivity index (χ3n) is 13.1. The van der Waals surface area contributed by atoms with Crippen LogP contribution in [0.15, 0.2) is 36.4 Å². The molecule has 2 aromatic rings. The lowest BCUT2D eigenvalue weighted by atomic mass is 9.37. The topological polar surface area (TPSA) is 146 Å². The highest BCUT2D eigenvalue weighted by Crippen LogP contribution is 2.66. The van der Waals surface area contributed by atoms with Crippen molar-refractivity contribution in [1.29, 1.82) is 0 Å². The van der Waals surface area contributed by atoms with E-state index in [1.54, 1.807) is 39.8 Å². The van der Waals surface area contributed by atoms with E-state index in [1.165, 1.54) is 32.6 Å². The first kappa shape index (κ1) is 34.4. The number of aliphatic hydroxyl groups is 2. The first-order valence-electron chi connectivity index (χ1n) is 17.5. The maximum Gasteiger partial charge on any atom is 0.191 e. The average Bonchev–Trinajstić information content (AvgIpc) is 3.02. The molecule has 8 atom stereocenters. The van der Waals surface area contributed by atoms with Gasteiger partial charge in [-0.3, -0.25) is 24.0 Å². The van der Waals surface area contributed by atoms with Crippen molar-refractivity contribution in [3.63, 3.8) is 0 Å². The van der Waals surface area contributed by atoms with Gasteiger partial charge >= 0.3 is 0 Å². The SMILES string of the molecule is CC(=O)C1C(=O)C(C(C)C)[C@@]2(C)[C@H](O)[C@]3(C)C(C(=O)c4c(ccc(-c5cccc(CC6CCC(C)CC6)c5)c4O)[C@H]3C)C(=O)[C@@]2(O)C1=O. The maximum absolute atomic E-state index is 14.7. The quantitative estimate of drug-likeness (QED) is 0.350. The third-order valence-corrected chi connectivity index (χ3v) is 13.1. The molecule has 0 radical (unpaired) electrons. The number of ketones is 5. The number of phenols is 1. The predicted molar refractivity (Wildman–Crippen MR) is 179 cm³/mol. The van der Waals surface area contributed by atoms with Gasteiger partial charge in [-0.1, -0.05) is 90.8 Å². The van der Waals surface area contributed by atoms with E-state index >= 15 is 0 Å². The van der Waals surface area contributed by atoms with Crippen LogP contribution in [0.3, 0.4) is 0 Å². The van der Waals surface area contributed by atoms with Gasteiger partial charge in [0.1, 0.15) is 17.5 Å². The van der Waals surface area contributed by atoms with Crippen molar-refractivity contribution < 1.29 is 39.3 Å². The van der Waals surface area contributed by atoms with Crippen molar-refractivity contribution in [2.75, 3.05) is 0 Å². The fourth-order valence-corrected chi connectivity index (χ4v) is 10.3. The molecule has 8 nitrogen and oxygen atoms in total. The zero-order valence-corrected chi connectivity index (χ0v) is 29.0. The van der Waals surface area contributed by atoms with Crippen molar-refractivity contribution in [2.24, 2.45) is 46.3 Å². The van der Waals surface area contributed by atoms with E-state index in [4.69, 9.17) is 0 Å². The minimum atomic E-state index is -2.98. The van der Waals surface area contributed by atoms with E-state index in [1.807, 2.05) is 18.2 Å². The molecule has 0 aromatic heterocycles. The molecule has 2 aromatic carbocycles. The van der Waals surface area contributed by atoms with E-state index in [-0.39, 0.29) is 11.3 Å².